The van der Waals surface area contributed by atoms with Crippen molar-refractivity contribution in [2.45, 2.75) is 24.9 Å². The minimum atomic E-state index is -0.532. The third-order valence-corrected chi connectivity index (χ3v) is 4.27. The summed E-state index contributed by atoms with van der Waals surface area (Å²) in [6, 6.07) is 2.83. The van der Waals surface area contributed by atoms with Crippen molar-refractivity contribution in [3.05, 3.63) is 0 Å². The molecule has 0 unspecified atom stereocenters. The Morgan fingerprint density at radius 2 is 1.86 bits per heavy atom. The zero-order valence-corrected chi connectivity index (χ0v) is 5.64. The fourth-order valence-corrected chi connectivity index (χ4v) is 3.28. The Hall–Kier alpha value is -0.223. The molecule has 0 atom stereocenters. The minimum absolute atomic E-state index is 0.532. The molecule has 0 nitrogen and oxygen atoms in total. The van der Waals surface area contributed by atoms with Gasteiger partial charge in [-0.2, -0.15) is 0 Å². The van der Waals surface area contributed by atoms with Crippen LogP contribution in [0, 0.1) is 12.0 Å². The van der Waals surface area contributed by atoms with E-state index in [2.05, 4.69) is 5.54 Å². The molecule has 0 spiro atoms. The van der Waals surface area contributed by atoms with E-state index in [9.17, 15) is 0 Å². The standard InChI is InChI=1S/C6H10Si/c1-2-7-5-3-4-6-7/h1,7H,3-6H2. The van der Waals surface area contributed by atoms with E-state index in [0.717, 1.165) is 0 Å². The van der Waals surface area contributed by atoms with E-state index in [0.29, 0.717) is 0 Å². The molecule has 0 radical (unpaired) electrons. The van der Waals surface area contributed by atoms with Gasteiger partial charge in [0.1, 0.15) is 8.80 Å². The molecule has 0 amide bonds. The van der Waals surface area contributed by atoms with Gasteiger partial charge in [0.15, 0.2) is 0 Å². The highest BCUT2D eigenvalue weighted by molar-refractivity contribution is 6.68. The maximum absolute atomic E-state index is 5.25. The van der Waals surface area contributed by atoms with Crippen LogP contribution in [-0.4, -0.2) is 8.80 Å². The molecule has 1 aliphatic rings. The van der Waals surface area contributed by atoms with Crippen molar-refractivity contribution in [2.75, 3.05) is 0 Å². The van der Waals surface area contributed by atoms with E-state index in [1.807, 2.05) is 0 Å². The lowest BCUT2D eigenvalue weighted by Crippen LogP contribution is -1.99. The smallest absolute Gasteiger partial charge is 0.122 e. The predicted octanol–water partition coefficient (Wildman–Crippen LogP) is 1.18. The second-order valence-electron chi connectivity index (χ2n) is 2.15. The van der Waals surface area contributed by atoms with Gasteiger partial charge in [-0.15, -0.1) is 12.0 Å². The van der Waals surface area contributed by atoms with Gasteiger partial charge in [-0.05, 0) is 12.1 Å². The SMILES string of the molecule is C#C[SiH]1CCCC1. The molecule has 1 heterocycles. The predicted molar refractivity (Wildman–Crippen MR) is 34.8 cm³/mol. The zero-order chi connectivity index (χ0) is 5.11. The van der Waals surface area contributed by atoms with Crippen LogP contribution in [0.1, 0.15) is 12.8 Å². The maximum atomic E-state index is 5.25. The molecular formula is C6H10Si. The number of rotatable bonds is 0. The number of hydrogen-bond donors (Lipinski definition) is 0. The monoisotopic (exact) mass is 110 g/mol. The molecule has 1 fully saturated rings. The van der Waals surface area contributed by atoms with Crippen molar-refractivity contribution in [2.24, 2.45) is 0 Å². The van der Waals surface area contributed by atoms with Gasteiger partial charge in [0, 0.05) is 0 Å². The van der Waals surface area contributed by atoms with E-state index in [1.165, 1.54) is 24.9 Å². The minimum Gasteiger partial charge on any atom is -0.139 e. The van der Waals surface area contributed by atoms with Gasteiger partial charge < -0.3 is 0 Å². The number of terminal acetylenes is 1. The van der Waals surface area contributed by atoms with Crippen LogP contribution in [0.4, 0.5) is 0 Å². The summed E-state index contributed by atoms with van der Waals surface area (Å²) in [6.07, 6.45) is 8.08. The summed E-state index contributed by atoms with van der Waals surface area (Å²) in [5.74, 6) is 0. The molecule has 0 bridgehead atoms. The lowest BCUT2D eigenvalue weighted by Gasteiger charge is -1.88. The Kier molecular flexibility index (Phi) is 1.53. The lowest BCUT2D eigenvalue weighted by atomic mass is 10.4. The Labute approximate surface area is 46.5 Å². The van der Waals surface area contributed by atoms with Crippen LogP contribution < -0.4 is 0 Å². The largest absolute Gasteiger partial charge is 0.139 e. The molecule has 1 saturated heterocycles. The summed E-state index contributed by atoms with van der Waals surface area (Å²) < 4.78 is 0. The first-order chi connectivity index (χ1) is 3.43. The first-order valence-corrected chi connectivity index (χ1v) is 5.10. The molecule has 1 heteroatoms. The van der Waals surface area contributed by atoms with Crippen LogP contribution in [0.25, 0.3) is 0 Å². The van der Waals surface area contributed by atoms with Crippen molar-refractivity contribution in [3.8, 4) is 12.0 Å². The molecule has 1 aliphatic heterocycles. The third-order valence-electron chi connectivity index (χ3n) is 1.59. The molecule has 0 saturated carbocycles. The first-order valence-electron chi connectivity index (χ1n) is 2.89. The average molecular weight is 110 g/mol. The summed E-state index contributed by atoms with van der Waals surface area (Å²) in [5.41, 5.74) is 2.90. The molecular weight excluding hydrogens is 100 g/mol. The van der Waals surface area contributed by atoms with Crippen LogP contribution in [0.5, 0.6) is 0 Å². The van der Waals surface area contributed by atoms with Crippen molar-refractivity contribution >= 4 is 8.80 Å². The molecule has 1 rings (SSSR count). The van der Waals surface area contributed by atoms with Gasteiger partial charge in [-0.25, -0.2) is 0 Å². The number of hydrogen-bond acceptors (Lipinski definition) is 0. The van der Waals surface area contributed by atoms with Gasteiger partial charge in [0.2, 0.25) is 0 Å². The molecule has 38 valence electrons. The Morgan fingerprint density at radius 3 is 2.14 bits per heavy atom. The van der Waals surface area contributed by atoms with E-state index >= 15 is 0 Å². The van der Waals surface area contributed by atoms with Crippen molar-refractivity contribution in [3.63, 3.8) is 0 Å². The molecule has 0 aliphatic carbocycles. The molecule has 0 N–H and O–H groups in total. The fraction of sp³-hybridized carbons (Fsp3) is 0.667. The van der Waals surface area contributed by atoms with Crippen molar-refractivity contribution in [1.82, 2.24) is 0 Å². The topological polar surface area (TPSA) is 0 Å². The summed E-state index contributed by atoms with van der Waals surface area (Å²) in [7, 11) is -0.532. The Balaban J connectivity index is 2.31. The second kappa shape index (κ2) is 2.18. The molecule has 0 aromatic heterocycles. The quantitative estimate of drug-likeness (QED) is 0.324. The summed E-state index contributed by atoms with van der Waals surface area (Å²) >= 11 is 0. The zero-order valence-electron chi connectivity index (χ0n) is 4.48. The summed E-state index contributed by atoms with van der Waals surface area (Å²) in [6.45, 7) is 0. The van der Waals surface area contributed by atoms with Gasteiger partial charge in [-0.1, -0.05) is 12.8 Å². The van der Waals surface area contributed by atoms with E-state index in [-0.39, 0.29) is 0 Å². The highest BCUT2D eigenvalue weighted by Crippen LogP contribution is 2.17. The van der Waals surface area contributed by atoms with E-state index < -0.39 is 8.80 Å². The van der Waals surface area contributed by atoms with E-state index in [1.54, 1.807) is 0 Å². The highest BCUT2D eigenvalue weighted by Gasteiger charge is 2.12. The fourth-order valence-electron chi connectivity index (χ4n) is 1.09. The molecule has 0 aromatic rings. The van der Waals surface area contributed by atoms with Crippen molar-refractivity contribution in [1.29, 1.82) is 0 Å². The Bertz CT molecular complexity index is 84.8. The van der Waals surface area contributed by atoms with Crippen LogP contribution in [0.3, 0.4) is 0 Å². The van der Waals surface area contributed by atoms with Crippen molar-refractivity contribution < 1.29 is 0 Å². The molecule has 7 heavy (non-hydrogen) atoms. The lowest BCUT2D eigenvalue weighted by molar-refractivity contribution is 0.935. The summed E-state index contributed by atoms with van der Waals surface area (Å²) in [5, 5.41) is 0. The average Bonchev–Trinajstić information content (AvgIpc) is 2.14. The molecule has 0 aromatic carbocycles. The second-order valence-corrected chi connectivity index (χ2v) is 5.03. The third kappa shape index (κ3) is 1.07. The maximum Gasteiger partial charge on any atom is 0.122 e. The van der Waals surface area contributed by atoms with Crippen LogP contribution >= 0.6 is 0 Å². The van der Waals surface area contributed by atoms with E-state index in [4.69, 9.17) is 6.42 Å². The highest BCUT2D eigenvalue weighted by atomic mass is 28.3. The Morgan fingerprint density at radius 1 is 1.29 bits per heavy atom. The van der Waals surface area contributed by atoms with Gasteiger partial charge in [0.05, 0.1) is 0 Å². The first kappa shape index (κ1) is 4.92. The van der Waals surface area contributed by atoms with Gasteiger partial charge in [-0.3, -0.25) is 0 Å². The van der Waals surface area contributed by atoms with Crippen LogP contribution in [-0.2, 0) is 0 Å². The summed E-state index contributed by atoms with van der Waals surface area (Å²) in [4.78, 5) is 0. The van der Waals surface area contributed by atoms with Crippen LogP contribution in [0.15, 0.2) is 0 Å². The normalized spacial score (nSPS) is 22.1. The van der Waals surface area contributed by atoms with Gasteiger partial charge in [0.25, 0.3) is 0 Å². The van der Waals surface area contributed by atoms with Gasteiger partial charge >= 0.3 is 0 Å². The van der Waals surface area contributed by atoms with Crippen LogP contribution in [0.2, 0.25) is 12.1 Å².